The minimum atomic E-state index is -0.370. The van der Waals surface area contributed by atoms with E-state index in [0.717, 1.165) is 16.7 Å². The fourth-order valence-corrected chi connectivity index (χ4v) is 2.18. The first-order valence-corrected chi connectivity index (χ1v) is 6.47. The summed E-state index contributed by atoms with van der Waals surface area (Å²) in [5, 5.41) is 11.6. The van der Waals surface area contributed by atoms with Crippen molar-refractivity contribution < 1.29 is 4.39 Å². The van der Waals surface area contributed by atoms with Crippen LogP contribution < -0.4 is 5.73 Å². The molecule has 21 heavy (non-hydrogen) atoms. The Labute approximate surface area is 121 Å². The summed E-state index contributed by atoms with van der Waals surface area (Å²) in [6.07, 6.45) is 0. The number of nitrogen functional groups attached to an aromatic ring is 1. The standard InChI is InChI=1S/C15H14FN5/c1-9-3-6-14(13(16)7-9)21-15(18-19-20-21)12-8-11(17)5-4-10(12)2/h3-8H,17H2,1-2H3. The largest absolute Gasteiger partial charge is 0.399 e. The molecule has 0 aliphatic heterocycles. The van der Waals surface area contributed by atoms with Gasteiger partial charge in [0.25, 0.3) is 0 Å². The molecule has 0 saturated carbocycles. The second-order valence-electron chi connectivity index (χ2n) is 4.94. The minimum Gasteiger partial charge on any atom is -0.399 e. The Morgan fingerprint density at radius 3 is 2.67 bits per heavy atom. The van der Waals surface area contributed by atoms with Gasteiger partial charge in [0.15, 0.2) is 5.82 Å². The topological polar surface area (TPSA) is 69.6 Å². The number of benzene rings is 2. The van der Waals surface area contributed by atoms with Crippen molar-refractivity contribution in [2.24, 2.45) is 0 Å². The van der Waals surface area contributed by atoms with Crippen LogP contribution in [0.2, 0.25) is 0 Å². The molecular weight excluding hydrogens is 269 g/mol. The number of aryl methyl sites for hydroxylation is 2. The second kappa shape index (κ2) is 4.97. The molecule has 3 rings (SSSR count). The molecule has 0 unspecified atom stereocenters. The molecule has 2 aromatic carbocycles. The predicted octanol–water partition coefficient (Wildman–Crippen LogP) is 2.67. The van der Waals surface area contributed by atoms with Gasteiger partial charge >= 0.3 is 0 Å². The normalized spacial score (nSPS) is 10.8. The number of nitrogens with two attached hydrogens (primary N) is 1. The van der Waals surface area contributed by atoms with E-state index < -0.39 is 0 Å². The third-order valence-electron chi connectivity index (χ3n) is 3.30. The lowest BCUT2D eigenvalue weighted by Crippen LogP contribution is -2.04. The zero-order chi connectivity index (χ0) is 15.0. The maximum Gasteiger partial charge on any atom is 0.187 e. The Hall–Kier alpha value is -2.76. The van der Waals surface area contributed by atoms with Gasteiger partial charge in [0.2, 0.25) is 0 Å². The van der Waals surface area contributed by atoms with E-state index in [0.29, 0.717) is 17.2 Å². The van der Waals surface area contributed by atoms with E-state index in [-0.39, 0.29) is 5.82 Å². The van der Waals surface area contributed by atoms with Gasteiger partial charge < -0.3 is 5.73 Å². The van der Waals surface area contributed by atoms with Crippen molar-refractivity contribution in [3.05, 3.63) is 53.3 Å². The first-order chi connectivity index (χ1) is 10.1. The van der Waals surface area contributed by atoms with Crippen molar-refractivity contribution in [1.29, 1.82) is 0 Å². The lowest BCUT2D eigenvalue weighted by Gasteiger charge is -2.09. The zero-order valence-electron chi connectivity index (χ0n) is 11.7. The van der Waals surface area contributed by atoms with E-state index >= 15 is 0 Å². The lowest BCUT2D eigenvalue weighted by molar-refractivity contribution is 0.606. The Morgan fingerprint density at radius 1 is 1.10 bits per heavy atom. The van der Waals surface area contributed by atoms with Crippen LogP contribution in [0.3, 0.4) is 0 Å². The third-order valence-corrected chi connectivity index (χ3v) is 3.30. The van der Waals surface area contributed by atoms with E-state index in [1.54, 1.807) is 18.2 Å². The predicted molar refractivity (Wildman–Crippen MR) is 78.4 cm³/mol. The van der Waals surface area contributed by atoms with Gasteiger partial charge in [0.05, 0.1) is 0 Å². The number of tetrazole rings is 1. The lowest BCUT2D eigenvalue weighted by atomic mass is 10.1. The van der Waals surface area contributed by atoms with Crippen LogP contribution in [0, 0.1) is 19.7 Å². The van der Waals surface area contributed by atoms with Gasteiger partial charge in [-0.2, -0.15) is 4.68 Å². The number of halogens is 1. The first-order valence-electron chi connectivity index (χ1n) is 6.47. The summed E-state index contributed by atoms with van der Waals surface area (Å²) in [6.45, 7) is 3.76. The van der Waals surface area contributed by atoms with E-state index in [1.807, 2.05) is 26.0 Å². The van der Waals surface area contributed by atoms with Crippen LogP contribution in [-0.2, 0) is 0 Å². The number of anilines is 1. The molecular formula is C15H14FN5. The van der Waals surface area contributed by atoms with Gasteiger partial charge in [-0.3, -0.25) is 0 Å². The molecule has 2 N–H and O–H groups in total. The summed E-state index contributed by atoms with van der Waals surface area (Å²) in [6, 6.07) is 10.4. The summed E-state index contributed by atoms with van der Waals surface area (Å²) in [4.78, 5) is 0. The number of aromatic nitrogens is 4. The monoisotopic (exact) mass is 283 g/mol. The van der Waals surface area contributed by atoms with E-state index in [2.05, 4.69) is 15.5 Å². The van der Waals surface area contributed by atoms with Crippen LogP contribution in [0.1, 0.15) is 11.1 Å². The van der Waals surface area contributed by atoms with Crippen molar-refractivity contribution >= 4 is 5.69 Å². The fourth-order valence-electron chi connectivity index (χ4n) is 2.18. The number of nitrogens with zero attached hydrogens (tertiary/aromatic N) is 4. The third kappa shape index (κ3) is 2.35. The molecule has 0 radical (unpaired) electrons. The maximum absolute atomic E-state index is 14.1. The second-order valence-corrected chi connectivity index (χ2v) is 4.94. The van der Waals surface area contributed by atoms with Crippen LogP contribution in [0.5, 0.6) is 0 Å². The molecule has 0 atom stereocenters. The highest BCUT2D eigenvalue weighted by molar-refractivity contribution is 5.66. The summed E-state index contributed by atoms with van der Waals surface area (Å²) >= 11 is 0. The van der Waals surface area contributed by atoms with Crippen LogP contribution in [-0.4, -0.2) is 20.2 Å². The van der Waals surface area contributed by atoms with Gasteiger partial charge in [0, 0.05) is 11.3 Å². The Balaban J connectivity index is 2.19. The van der Waals surface area contributed by atoms with Gasteiger partial charge in [-0.15, -0.1) is 5.10 Å². The van der Waals surface area contributed by atoms with Gasteiger partial charge in [0.1, 0.15) is 11.5 Å². The molecule has 0 spiro atoms. The van der Waals surface area contributed by atoms with Crippen LogP contribution in [0.4, 0.5) is 10.1 Å². The van der Waals surface area contributed by atoms with E-state index in [4.69, 9.17) is 5.73 Å². The van der Waals surface area contributed by atoms with Crippen LogP contribution in [0.15, 0.2) is 36.4 Å². The number of hydrogen-bond acceptors (Lipinski definition) is 4. The van der Waals surface area contributed by atoms with Crippen molar-refractivity contribution in [2.45, 2.75) is 13.8 Å². The van der Waals surface area contributed by atoms with Crippen molar-refractivity contribution in [1.82, 2.24) is 20.2 Å². The van der Waals surface area contributed by atoms with Crippen molar-refractivity contribution in [3.63, 3.8) is 0 Å². The van der Waals surface area contributed by atoms with E-state index in [1.165, 1.54) is 10.7 Å². The Bertz CT molecular complexity index is 810. The Morgan fingerprint density at radius 2 is 1.90 bits per heavy atom. The van der Waals surface area contributed by atoms with E-state index in [9.17, 15) is 4.39 Å². The zero-order valence-corrected chi connectivity index (χ0v) is 11.7. The molecule has 1 heterocycles. The highest BCUT2D eigenvalue weighted by Gasteiger charge is 2.16. The highest BCUT2D eigenvalue weighted by Crippen LogP contribution is 2.26. The number of rotatable bonds is 2. The molecule has 0 aliphatic carbocycles. The molecule has 106 valence electrons. The van der Waals surface area contributed by atoms with Gasteiger partial charge in [-0.1, -0.05) is 12.1 Å². The average molecular weight is 283 g/mol. The molecule has 0 amide bonds. The molecule has 0 bridgehead atoms. The van der Waals surface area contributed by atoms with Crippen molar-refractivity contribution in [3.8, 4) is 17.1 Å². The maximum atomic E-state index is 14.1. The summed E-state index contributed by atoms with van der Waals surface area (Å²) in [7, 11) is 0. The smallest absolute Gasteiger partial charge is 0.187 e. The fraction of sp³-hybridized carbons (Fsp3) is 0.133. The SMILES string of the molecule is Cc1ccc(-n2nnnc2-c2cc(N)ccc2C)c(F)c1. The molecule has 3 aromatic rings. The molecule has 0 aliphatic rings. The molecule has 0 fully saturated rings. The minimum absolute atomic E-state index is 0.308. The molecule has 5 nitrogen and oxygen atoms in total. The highest BCUT2D eigenvalue weighted by atomic mass is 19.1. The van der Waals surface area contributed by atoms with Crippen LogP contribution >= 0.6 is 0 Å². The van der Waals surface area contributed by atoms with Gasteiger partial charge in [-0.25, -0.2) is 4.39 Å². The first kappa shape index (κ1) is 13.2. The summed E-state index contributed by atoms with van der Waals surface area (Å²) < 4.78 is 15.5. The summed E-state index contributed by atoms with van der Waals surface area (Å²) in [5.41, 5.74) is 9.32. The summed E-state index contributed by atoms with van der Waals surface area (Å²) in [5.74, 6) is 0.0904. The van der Waals surface area contributed by atoms with Gasteiger partial charge in [-0.05, 0) is 59.7 Å². The number of hydrogen-bond donors (Lipinski definition) is 1. The quantitative estimate of drug-likeness (QED) is 0.734. The average Bonchev–Trinajstić information content (AvgIpc) is 2.90. The molecule has 0 saturated heterocycles. The van der Waals surface area contributed by atoms with Crippen LogP contribution in [0.25, 0.3) is 17.1 Å². The van der Waals surface area contributed by atoms with Crippen molar-refractivity contribution in [2.75, 3.05) is 5.73 Å². The molecule has 6 heteroatoms. The Kier molecular flexibility index (Phi) is 3.13. The molecule has 1 aromatic heterocycles.